The summed E-state index contributed by atoms with van der Waals surface area (Å²) in [6.45, 7) is 1.80. The first-order chi connectivity index (χ1) is 11.9. The number of esters is 1. The summed E-state index contributed by atoms with van der Waals surface area (Å²) in [5, 5.41) is 11.5. The lowest BCUT2D eigenvalue weighted by Gasteiger charge is -2.65. The lowest BCUT2D eigenvalue weighted by molar-refractivity contribution is -0.214. The summed E-state index contributed by atoms with van der Waals surface area (Å²) in [6.07, 6.45) is 0. The molecular formula is C15H19N3O5S2. The highest BCUT2D eigenvalue weighted by molar-refractivity contribution is 8.01. The second-order valence-corrected chi connectivity index (χ2v) is 8.05. The van der Waals surface area contributed by atoms with Gasteiger partial charge in [-0.1, -0.05) is 0 Å². The Labute approximate surface area is 154 Å². The van der Waals surface area contributed by atoms with Crippen LogP contribution in [0.2, 0.25) is 0 Å². The monoisotopic (exact) mass is 385 g/mol. The molecule has 0 spiro atoms. The van der Waals surface area contributed by atoms with E-state index in [1.165, 1.54) is 42.6 Å². The molecule has 0 aromatic carbocycles. The molecule has 2 saturated heterocycles. The zero-order valence-corrected chi connectivity index (χ0v) is 16.0. The predicted molar refractivity (Wildman–Crippen MR) is 92.3 cm³/mol. The number of ether oxygens (including phenoxy) is 3. The average molecular weight is 385 g/mol. The zero-order valence-electron chi connectivity index (χ0n) is 14.3. The maximum absolute atomic E-state index is 12.9. The van der Waals surface area contributed by atoms with Crippen LogP contribution >= 0.6 is 23.5 Å². The second-order valence-electron chi connectivity index (χ2n) is 5.88. The van der Waals surface area contributed by atoms with E-state index in [4.69, 9.17) is 19.5 Å². The number of methoxy groups -OCH3 is 3. The molecule has 3 rings (SSSR count). The van der Waals surface area contributed by atoms with Crippen molar-refractivity contribution >= 4 is 35.4 Å². The van der Waals surface area contributed by atoms with E-state index < -0.39 is 17.4 Å². The van der Waals surface area contributed by atoms with Crippen molar-refractivity contribution in [3.05, 3.63) is 11.3 Å². The lowest BCUT2D eigenvalue weighted by Crippen LogP contribution is -2.88. The summed E-state index contributed by atoms with van der Waals surface area (Å²) in [5.41, 5.74) is -1.26. The van der Waals surface area contributed by atoms with Crippen molar-refractivity contribution in [1.29, 1.82) is 5.26 Å². The molecule has 4 atom stereocenters. The third kappa shape index (κ3) is 2.34. The summed E-state index contributed by atoms with van der Waals surface area (Å²) in [7, 11) is 4.29. The van der Waals surface area contributed by atoms with Crippen LogP contribution in [0.4, 0.5) is 0 Å². The number of β-lactam (4-membered cyclic amide) rings is 1. The molecule has 10 heteroatoms. The van der Waals surface area contributed by atoms with E-state index in [1.807, 2.05) is 0 Å². The Bertz CT molecular complexity index is 693. The molecule has 136 valence electrons. The number of nitrogens with one attached hydrogen (secondary N) is 1. The molecule has 0 aliphatic carbocycles. The summed E-state index contributed by atoms with van der Waals surface area (Å²) < 4.78 is 16.3. The Hall–Kier alpha value is -1.25. The Morgan fingerprint density at radius 3 is 2.72 bits per heavy atom. The minimum atomic E-state index is -1.26. The van der Waals surface area contributed by atoms with Crippen molar-refractivity contribution in [2.75, 3.05) is 32.8 Å². The third-order valence-electron chi connectivity index (χ3n) is 4.76. The predicted octanol–water partition coefficient (Wildman–Crippen LogP) is 0.262. The number of thioether (sulfide) groups is 2. The van der Waals surface area contributed by atoms with Gasteiger partial charge >= 0.3 is 5.97 Å². The number of rotatable bonds is 6. The van der Waals surface area contributed by atoms with Crippen molar-refractivity contribution in [2.24, 2.45) is 0 Å². The van der Waals surface area contributed by atoms with Gasteiger partial charge in [0.25, 0.3) is 5.91 Å². The van der Waals surface area contributed by atoms with Gasteiger partial charge in [-0.2, -0.15) is 5.26 Å². The van der Waals surface area contributed by atoms with Gasteiger partial charge in [-0.05, 0) is 12.5 Å². The van der Waals surface area contributed by atoms with Gasteiger partial charge in [0.15, 0.2) is 0 Å². The van der Waals surface area contributed by atoms with E-state index in [-0.39, 0.29) is 22.2 Å². The smallest absolute Gasteiger partial charge is 0.354 e. The standard InChI is InChI=1S/C15H19N3O5S2/c1-8-9(11(19)21-2)18-12(20)15(23-4)13(18)25-10(8)14(17-15,22-3)7-24-6-5-16/h10,13,17H,6-7H2,1-4H3/t10?,13-,14?,15+/m0/s1. The number of hydrogen-bond donors (Lipinski definition) is 1. The Morgan fingerprint density at radius 1 is 1.44 bits per heavy atom. The van der Waals surface area contributed by atoms with Crippen molar-refractivity contribution < 1.29 is 23.8 Å². The van der Waals surface area contributed by atoms with Crippen LogP contribution in [0.1, 0.15) is 6.92 Å². The van der Waals surface area contributed by atoms with Gasteiger partial charge in [0.1, 0.15) is 16.8 Å². The van der Waals surface area contributed by atoms with E-state index >= 15 is 0 Å². The molecule has 0 aromatic rings. The van der Waals surface area contributed by atoms with Crippen LogP contribution in [-0.4, -0.2) is 71.7 Å². The fraction of sp³-hybridized carbons (Fsp3) is 0.667. The second kappa shape index (κ2) is 6.48. The Balaban J connectivity index is 2.10. The molecule has 2 unspecified atom stereocenters. The Kier molecular flexibility index (Phi) is 4.81. The molecule has 3 aliphatic rings. The highest BCUT2D eigenvalue weighted by Gasteiger charge is 2.73. The van der Waals surface area contributed by atoms with Crippen molar-refractivity contribution in [1.82, 2.24) is 10.2 Å². The van der Waals surface area contributed by atoms with Crippen molar-refractivity contribution in [2.45, 2.75) is 29.0 Å². The minimum Gasteiger partial charge on any atom is -0.464 e. The summed E-state index contributed by atoms with van der Waals surface area (Å²) in [5.74, 6) is -0.189. The minimum absolute atomic E-state index is 0.226. The molecule has 0 aromatic heterocycles. The summed E-state index contributed by atoms with van der Waals surface area (Å²) in [4.78, 5) is 26.6. The number of carbonyl (C=O) groups is 2. The fourth-order valence-corrected chi connectivity index (χ4v) is 6.32. The molecule has 0 radical (unpaired) electrons. The molecule has 0 saturated carbocycles. The topological polar surface area (TPSA) is 101 Å². The van der Waals surface area contributed by atoms with E-state index in [0.29, 0.717) is 17.1 Å². The summed E-state index contributed by atoms with van der Waals surface area (Å²) in [6, 6.07) is 2.09. The first-order valence-corrected chi connectivity index (χ1v) is 9.64. The first kappa shape index (κ1) is 18.5. The quantitative estimate of drug-likeness (QED) is 0.392. The van der Waals surface area contributed by atoms with Crippen LogP contribution in [0.3, 0.4) is 0 Å². The maximum atomic E-state index is 12.9. The van der Waals surface area contributed by atoms with Crippen LogP contribution in [0.25, 0.3) is 0 Å². The van der Waals surface area contributed by atoms with Gasteiger partial charge < -0.3 is 14.2 Å². The number of fused-ring (bicyclic) bond motifs is 1. The van der Waals surface area contributed by atoms with Crippen molar-refractivity contribution in [3.8, 4) is 6.07 Å². The molecule has 2 fully saturated rings. The van der Waals surface area contributed by atoms with Crippen LogP contribution in [0, 0.1) is 11.3 Å². The largest absolute Gasteiger partial charge is 0.464 e. The SMILES string of the molecule is COC(=O)C1=C(C)C2S[C@@H]3N1C(=O)[C@]3(OC)NC2(CSCC#N)OC. The van der Waals surface area contributed by atoms with E-state index in [2.05, 4.69) is 11.4 Å². The van der Waals surface area contributed by atoms with Gasteiger partial charge in [0.2, 0.25) is 5.72 Å². The average Bonchev–Trinajstić information content (AvgIpc) is 2.63. The molecule has 3 aliphatic heterocycles. The van der Waals surface area contributed by atoms with E-state index in [0.717, 1.165) is 0 Å². The Morgan fingerprint density at radius 2 is 2.16 bits per heavy atom. The van der Waals surface area contributed by atoms with Gasteiger partial charge in [-0.15, -0.1) is 23.5 Å². The van der Waals surface area contributed by atoms with Crippen LogP contribution in [-0.2, 0) is 23.8 Å². The number of hydrogen-bond acceptors (Lipinski definition) is 9. The number of nitriles is 1. The number of nitrogens with zero attached hydrogens (tertiary/aromatic N) is 2. The maximum Gasteiger partial charge on any atom is 0.354 e. The van der Waals surface area contributed by atoms with E-state index in [9.17, 15) is 9.59 Å². The van der Waals surface area contributed by atoms with E-state index in [1.54, 1.807) is 14.0 Å². The van der Waals surface area contributed by atoms with Gasteiger partial charge in [0.05, 0.1) is 24.2 Å². The van der Waals surface area contributed by atoms with Crippen LogP contribution in [0.5, 0.6) is 0 Å². The number of amides is 1. The first-order valence-electron chi connectivity index (χ1n) is 7.55. The molecule has 3 heterocycles. The molecule has 1 amide bonds. The number of carbonyl (C=O) groups excluding carboxylic acids is 2. The van der Waals surface area contributed by atoms with Gasteiger partial charge in [0, 0.05) is 20.0 Å². The van der Waals surface area contributed by atoms with Crippen molar-refractivity contribution in [3.63, 3.8) is 0 Å². The molecule has 8 nitrogen and oxygen atoms in total. The zero-order chi connectivity index (χ0) is 18.4. The van der Waals surface area contributed by atoms with Crippen LogP contribution < -0.4 is 5.32 Å². The van der Waals surface area contributed by atoms with Crippen LogP contribution in [0.15, 0.2) is 11.3 Å². The molecule has 1 N–H and O–H groups in total. The molecule has 2 bridgehead atoms. The summed E-state index contributed by atoms with van der Waals surface area (Å²) >= 11 is 2.91. The normalized spacial score (nSPS) is 36.0. The van der Waals surface area contributed by atoms with Gasteiger partial charge in [-0.3, -0.25) is 9.69 Å². The lowest BCUT2D eigenvalue weighted by atomic mass is 9.89. The molecule has 25 heavy (non-hydrogen) atoms. The highest BCUT2D eigenvalue weighted by Crippen LogP contribution is 2.56. The fourth-order valence-electron chi connectivity index (χ4n) is 3.55. The van der Waals surface area contributed by atoms with Gasteiger partial charge in [-0.25, -0.2) is 10.1 Å². The highest BCUT2D eigenvalue weighted by atomic mass is 32.2. The third-order valence-corrected chi connectivity index (χ3v) is 7.53. The molecular weight excluding hydrogens is 366 g/mol.